The molecule has 13 heavy (non-hydrogen) atoms. The molecule has 0 spiro atoms. The monoisotopic (exact) mass is 188 g/mol. The first-order chi connectivity index (χ1) is 6.24. The molecule has 0 unspecified atom stereocenters. The van der Waals surface area contributed by atoms with Gasteiger partial charge in [-0.3, -0.25) is 4.79 Å². The van der Waals surface area contributed by atoms with Crippen molar-refractivity contribution >= 4 is 5.91 Å². The molecule has 0 atom stereocenters. The van der Waals surface area contributed by atoms with Crippen LogP contribution in [0.1, 0.15) is 6.92 Å². The molecule has 1 aliphatic heterocycles. The van der Waals surface area contributed by atoms with Crippen LogP contribution >= 0.6 is 0 Å². The molecule has 1 rings (SSSR count). The molecule has 5 heteroatoms. The van der Waals surface area contributed by atoms with Crippen LogP contribution in [0.2, 0.25) is 0 Å². The molecule has 1 aliphatic rings. The second-order valence-electron chi connectivity index (χ2n) is 2.97. The lowest BCUT2D eigenvalue weighted by Crippen LogP contribution is -2.48. The van der Waals surface area contributed by atoms with Crippen molar-refractivity contribution in [3.63, 3.8) is 0 Å². The van der Waals surface area contributed by atoms with Crippen molar-refractivity contribution in [2.45, 2.75) is 6.92 Å². The van der Waals surface area contributed by atoms with E-state index in [2.05, 4.69) is 0 Å². The zero-order valence-electron chi connectivity index (χ0n) is 7.90. The summed E-state index contributed by atoms with van der Waals surface area (Å²) in [5.74, 6) is 0.00921. The highest BCUT2D eigenvalue weighted by Gasteiger charge is 2.19. The Labute approximate surface area is 77.8 Å². The predicted octanol–water partition coefficient (Wildman–Crippen LogP) is -0.444. The van der Waals surface area contributed by atoms with Crippen LogP contribution in [0, 0.1) is 0 Å². The first-order valence-electron chi connectivity index (χ1n) is 4.53. The molecule has 0 aromatic carbocycles. The van der Waals surface area contributed by atoms with Crippen LogP contribution in [0.15, 0.2) is 0 Å². The molecular formula is C8H16N2O3. The number of rotatable bonds is 3. The van der Waals surface area contributed by atoms with Gasteiger partial charge in [-0.2, -0.15) is 5.06 Å². The number of piperazine rings is 1. The average Bonchev–Trinajstić information content (AvgIpc) is 2.15. The Morgan fingerprint density at radius 3 is 2.54 bits per heavy atom. The van der Waals surface area contributed by atoms with Gasteiger partial charge in [0.1, 0.15) is 6.61 Å². The minimum absolute atomic E-state index is 0.00921. The third-order valence-corrected chi connectivity index (χ3v) is 2.04. The van der Waals surface area contributed by atoms with Crippen LogP contribution in [-0.2, 0) is 9.53 Å². The SMILES string of the molecule is CCOCC(=O)N1CCN(O)CC1. The first-order valence-corrected chi connectivity index (χ1v) is 4.53. The highest BCUT2D eigenvalue weighted by molar-refractivity contribution is 5.77. The number of hydroxylamine groups is 2. The van der Waals surface area contributed by atoms with Crippen LogP contribution in [0.5, 0.6) is 0 Å². The number of carbonyl (C=O) groups excluding carboxylic acids is 1. The highest BCUT2D eigenvalue weighted by Crippen LogP contribution is 1.99. The van der Waals surface area contributed by atoms with Crippen LogP contribution < -0.4 is 0 Å². The van der Waals surface area contributed by atoms with Gasteiger partial charge in [0.05, 0.1) is 0 Å². The van der Waals surface area contributed by atoms with Gasteiger partial charge in [0.15, 0.2) is 0 Å². The van der Waals surface area contributed by atoms with Crippen molar-refractivity contribution in [3.05, 3.63) is 0 Å². The summed E-state index contributed by atoms with van der Waals surface area (Å²) >= 11 is 0. The van der Waals surface area contributed by atoms with E-state index in [-0.39, 0.29) is 12.5 Å². The summed E-state index contributed by atoms with van der Waals surface area (Å²) in [5, 5.41) is 10.3. The number of nitrogens with zero attached hydrogens (tertiary/aromatic N) is 2. The molecule has 5 nitrogen and oxygen atoms in total. The fraction of sp³-hybridized carbons (Fsp3) is 0.875. The Hall–Kier alpha value is -0.650. The first kappa shape index (κ1) is 10.4. The highest BCUT2D eigenvalue weighted by atomic mass is 16.5. The van der Waals surface area contributed by atoms with E-state index >= 15 is 0 Å². The van der Waals surface area contributed by atoms with Crippen LogP contribution in [-0.4, -0.2) is 60.5 Å². The maximum absolute atomic E-state index is 11.4. The molecule has 0 aliphatic carbocycles. The van der Waals surface area contributed by atoms with Crippen molar-refractivity contribution in [2.75, 3.05) is 39.4 Å². The summed E-state index contributed by atoms with van der Waals surface area (Å²) in [4.78, 5) is 13.1. The maximum Gasteiger partial charge on any atom is 0.248 e. The zero-order valence-corrected chi connectivity index (χ0v) is 7.90. The lowest BCUT2D eigenvalue weighted by atomic mass is 10.3. The minimum atomic E-state index is 0.00921. The molecule has 0 bridgehead atoms. The van der Waals surface area contributed by atoms with E-state index in [1.165, 1.54) is 5.06 Å². The summed E-state index contributed by atoms with van der Waals surface area (Å²) in [6.45, 7) is 4.80. The topological polar surface area (TPSA) is 53.0 Å². The van der Waals surface area contributed by atoms with Gasteiger partial charge in [0, 0.05) is 32.8 Å². The standard InChI is InChI=1S/C8H16N2O3/c1-2-13-7-8(11)9-3-5-10(12)6-4-9/h12H,2-7H2,1H3. The average molecular weight is 188 g/mol. The van der Waals surface area contributed by atoms with Gasteiger partial charge < -0.3 is 14.8 Å². The van der Waals surface area contributed by atoms with E-state index in [4.69, 9.17) is 9.94 Å². The molecule has 0 aromatic heterocycles. The maximum atomic E-state index is 11.4. The van der Waals surface area contributed by atoms with Crippen molar-refractivity contribution in [1.82, 2.24) is 9.96 Å². The van der Waals surface area contributed by atoms with E-state index in [9.17, 15) is 4.79 Å². The van der Waals surface area contributed by atoms with E-state index in [1.807, 2.05) is 6.92 Å². The van der Waals surface area contributed by atoms with Gasteiger partial charge in [-0.25, -0.2) is 0 Å². The van der Waals surface area contributed by atoms with Crippen LogP contribution in [0.3, 0.4) is 0 Å². The summed E-state index contributed by atoms with van der Waals surface area (Å²) < 4.78 is 5.01. The molecule has 1 saturated heterocycles. The fourth-order valence-corrected chi connectivity index (χ4v) is 1.23. The lowest BCUT2D eigenvalue weighted by Gasteiger charge is -2.30. The molecule has 76 valence electrons. The third kappa shape index (κ3) is 3.30. The van der Waals surface area contributed by atoms with Gasteiger partial charge in [-0.1, -0.05) is 0 Å². The van der Waals surface area contributed by atoms with E-state index in [0.29, 0.717) is 32.8 Å². The summed E-state index contributed by atoms with van der Waals surface area (Å²) in [7, 11) is 0. The van der Waals surface area contributed by atoms with Gasteiger partial charge in [0.25, 0.3) is 0 Å². The molecule has 0 radical (unpaired) electrons. The van der Waals surface area contributed by atoms with E-state index < -0.39 is 0 Å². The van der Waals surface area contributed by atoms with Gasteiger partial charge >= 0.3 is 0 Å². The number of carbonyl (C=O) groups is 1. The van der Waals surface area contributed by atoms with Crippen LogP contribution in [0.4, 0.5) is 0 Å². The predicted molar refractivity (Wildman–Crippen MR) is 46.4 cm³/mol. The molecule has 1 N–H and O–H groups in total. The smallest absolute Gasteiger partial charge is 0.248 e. The Morgan fingerprint density at radius 2 is 2.00 bits per heavy atom. The third-order valence-electron chi connectivity index (χ3n) is 2.04. The van der Waals surface area contributed by atoms with Crippen molar-refractivity contribution in [1.29, 1.82) is 0 Å². The lowest BCUT2D eigenvalue weighted by molar-refractivity contribution is -0.149. The van der Waals surface area contributed by atoms with E-state index in [0.717, 1.165) is 0 Å². The summed E-state index contributed by atoms with van der Waals surface area (Å²) in [5.41, 5.74) is 0. The largest absolute Gasteiger partial charge is 0.372 e. The Morgan fingerprint density at radius 1 is 1.38 bits per heavy atom. The number of hydrogen-bond acceptors (Lipinski definition) is 4. The van der Waals surface area contributed by atoms with Gasteiger partial charge in [0.2, 0.25) is 5.91 Å². The van der Waals surface area contributed by atoms with E-state index in [1.54, 1.807) is 4.90 Å². The normalized spacial score (nSPS) is 19.1. The number of hydrogen-bond donors (Lipinski definition) is 1. The van der Waals surface area contributed by atoms with Crippen LogP contribution in [0.25, 0.3) is 0 Å². The van der Waals surface area contributed by atoms with Gasteiger partial charge in [-0.05, 0) is 6.92 Å². The second kappa shape index (κ2) is 5.16. The molecule has 1 heterocycles. The van der Waals surface area contributed by atoms with Crippen molar-refractivity contribution in [3.8, 4) is 0 Å². The molecule has 0 aromatic rings. The Balaban J connectivity index is 2.23. The van der Waals surface area contributed by atoms with Crippen molar-refractivity contribution in [2.24, 2.45) is 0 Å². The minimum Gasteiger partial charge on any atom is -0.372 e. The summed E-state index contributed by atoms with van der Waals surface area (Å²) in [6.07, 6.45) is 0. The molecule has 1 amide bonds. The molecule has 0 saturated carbocycles. The summed E-state index contributed by atoms with van der Waals surface area (Å²) in [6, 6.07) is 0. The van der Waals surface area contributed by atoms with Crippen molar-refractivity contribution < 1.29 is 14.7 Å². The zero-order chi connectivity index (χ0) is 9.68. The van der Waals surface area contributed by atoms with Gasteiger partial charge in [-0.15, -0.1) is 0 Å². The quantitative estimate of drug-likeness (QED) is 0.652. The molecule has 1 fully saturated rings. The Bertz CT molecular complexity index is 167. The fourth-order valence-electron chi connectivity index (χ4n) is 1.23. The second-order valence-corrected chi connectivity index (χ2v) is 2.97. The number of amides is 1. The Kier molecular flexibility index (Phi) is 4.14. The molecular weight excluding hydrogens is 172 g/mol. The number of ether oxygens (including phenoxy) is 1.